The first-order valence-corrected chi connectivity index (χ1v) is 17.4. The summed E-state index contributed by atoms with van der Waals surface area (Å²) in [5.41, 5.74) is 5.04. The van der Waals surface area contributed by atoms with Gasteiger partial charge in [0.05, 0.1) is 12.7 Å². The predicted molar refractivity (Wildman–Crippen MR) is 179 cm³/mol. The minimum absolute atomic E-state index is 0.00613. The fourth-order valence-electron chi connectivity index (χ4n) is 7.75. The molecule has 2 aromatic heterocycles. The molecule has 0 spiro atoms. The molecule has 9 heteroatoms. The molecule has 0 radical (unpaired) electrons. The van der Waals surface area contributed by atoms with E-state index in [1.807, 2.05) is 32.2 Å². The molecule has 2 aliphatic carbocycles. The lowest BCUT2D eigenvalue weighted by Crippen LogP contribution is -2.47. The zero-order chi connectivity index (χ0) is 32.6. The van der Waals surface area contributed by atoms with Crippen LogP contribution < -0.4 is 15.4 Å². The Balaban J connectivity index is 1.26. The van der Waals surface area contributed by atoms with E-state index in [9.17, 15) is 20.4 Å². The quantitative estimate of drug-likeness (QED) is 0.109. The number of benzene rings is 1. The van der Waals surface area contributed by atoms with Crippen LogP contribution in [0.3, 0.4) is 0 Å². The van der Waals surface area contributed by atoms with E-state index in [0.717, 1.165) is 67.0 Å². The molecule has 1 saturated carbocycles. The van der Waals surface area contributed by atoms with Crippen molar-refractivity contribution >= 4 is 0 Å². The van der Waals surface area contributed by atoms with E-state index in [-0.39, 0.29) is 30.9 Å². The maximum atomic E-state index is 11.3. The minimum Gasteiger partial charge on any atom is -0.504 e. The molecule has 1 aromatic carbocycles. The van der Waals surface area contributed by atoms with Gasteiger partial charge in [0.1, 0.15) is 24.2 Å². The van der Waals surface area contributed by atoms with Crippen molar-refractivity contribution in [3.63, 3.8) is 0 Å². The van der Waals surface area contributed by atoms with Crippen LogP contribution in [0.15, 0.2) is 34.7 Å². The van der Waals surface area contributed by atoms with E-state index < -0.39 is 12.2 Å². The number of aromatic amines is 1. The van der Waals surface area contributed by atoms with Gasteiger partial charge in [-0.1, -0.05) is 32.3 Å². The summed E-state index contributed by atoms with van der Waals surface area (Å²) in [4.78, 5) is 3.56. The average molecular weight is 638 g/mol. The third-order valence-corrected chi connectivity index (χ3v) is 10.1. The minimum atomic E-state index is -0.884. The molecule has 6 atom stereocenters. The first-order chi connectivity index (χ1) is 22.3. The molecule has 0 aliphatic heterocycles. The fourth-order valence-corrected chi connectivity index (χ4v) is 7.75. The van der Waals surface area contributed by atoms with E-state index in [1.165, 1.54) is 30.5 Å². The molecule has 3 aromatic rings. The number of rotatable bonds is 17. The number of likely N-dealkylation sites (N-methyl/N-ethyl adjacent to an activating group) is 1. The molecule has 7 N–H and O–H groups in total. The summed E-state index contributed by atoms with van der Waals surface area (Å²) >= 11 is 0. The van der Waals surface area contributed by atoms with Gasteiger partial charge in [0.2, 0.25) is 0 Å². The molecule has 0 saturated heterocycles. The number of phenols is 1. The number of aromatic hydroxyl groups is 1. The van der Waals surface area contributed by atoms with Gasteiger partial charge in [-0.15, -0.1) is 0 Å². The normalized spacial score (nSPS) is 21.4. The molecule has 254 valence electrons. The van der Waals surface area contributed by atoms with Crippen molar-refractivity contribution in [3.8, 4) is 11.5 Å². The molecule has 5 rings (SSSR count). The summed E-state index contributed by atoms with van der Waals surface area (Å²) in [5, 5.41) is 48.6. The van der Waals surface area contributed by atoms with Crippen LogP contribution in [0.1, 0.15) is 104 Å². The lowest BCUT2D eigenvalue weighted by Gasteiger charge is -2.35. The van der Waals surface area contributed by atoms with Gasteiger partial charge in [0.15, 0.2) is 11.5 Å². The van der Waals surface area contributed by atoms with E-state index >= 15 is 0 Å². The van der Waals surface area contributed by atoms with Crippen molar-refractivity contribution in [2.75, 3.05) is 26.7 Å². The molecule has 46 heavy (non-hydrogen) atoms. The third kappa shape index (κ3) is 8.36. The van der Waals surface area contributed by atoms with Crippen molar-refractivity contribution in [3.05, 3.63) is 69.9 Å². The molecule has 0 bridgehead atoms. The van der Waals surface area contributed by atoms with Crippen molar-refractivity contribution in [2.45, 2.75) is 109 Å². The van der Waals surface area contributed by atoms with Gasteiger partial charge in [-0.3, -0.25) is 0 Å². The SMILES string of the molecule is CCCCc1oc(CCc2ccc(O)c(OCC(O)c3cc4c([nH]3)CCC3CCCC3C4C(CNC)NCC(C)O)c2)cc1CO. The van der Waals surface area contributed by atoms with Gasteiger partial charge in [-0.05, 0) is 93.3 Å². The van der Waals surface area contributed by atoms with Gasteiger partial charge in [-0.25, -0.2) is 0 Å². The molecular formula is C37H55N3O6. The molecule has 2 heterocycles. The summed E-state index contributed by atoms with van der Waals surface area (Å²) in [6, 6.07) is 9.57. The monoisotopic (exact) mass is 637 g/mol. The molecule has 0 amide bonds. The number of aliphatic hydroxyl groups is 3. The van der Waals surface area contributed by atoms with Crippen LogP contribution in [0.5, 0.6) is 11.5 Å². The molecule has 1 fully saturated rings. The van der Waals surface area contributed by atoms with Crippen LogP contribution in [0, 0.1) is 11.8 Å². The summed E-state index contributed by atoms with van der Waals surface area (Å²) in [5.74, 6) is 3.62. The third-order valence-electron chi connectivity index (χ3n) is 10.1. The van der Waals surface area contributed by atoms with Crippen LogP contribution in [0.25, 0.3) is 0 Å². The van der Waals surface area contributed by atoms with Crippen LogP contribution in [0.4, 0.5) is 0 Å². The van der Waals surface area contributed by atoms with Gasteiger partial charge in [0.25, 0.3) is 0 Å². The second-order valence-electron chi connectivity index (χ2n) is 13.6. The second kappa shape index (κ2) is 16.3. The number of aliphatic hydroxyl groups excluding tert-OH is 3. The van der Waals surface area contributed by atoms with E-state index in [2.05, 4.69) is 28.6 Å². The van der Waals surface area contributed by atoms with Crippen molar-refractivity contribution < 1.29 is 29.6 Å². The Bertz CT molecular complexity index is 1380. The predicted octanol–water partition coefficient (Wildman–Crippen LogP) is 5.05. The van der Waals surface area contributed by atoms with Crippen molar-refractivity contribution in [2.24, 2.45) is 11.8 Å². The van der Waals surface area contributed by atoms with Gasteiger partial charge in [0, 0.05) is 54.8 Å². The largest absolute Gasteiger partial charge is 0.504 e. The maximum absolute atomic E-state index is 11.3. The summed E-state index contributed by atoms with van der Waals surface area (Å²) in [7, 11) is 1.98. The highest BCUT2D eigenvalue weighted by molar-refractivity contribution is 5.42. The average Bonchev–Trinajstić information content (AvgIpc) is 3.77. The highest BCUT2D eigenvalue weighted by Crippen LogP contribution is 2.49. The Morgan fingerprint density at radius 2 is 1.91 bits per heavy atom. The topological polar surface area (TPSA) is 143 Å². The summed E-state index contributed by atoms with van der Waals surface area (Å²) in [6.07, 6.45) is 8.80. The zero-order valence-electron chi connectivity index (χ0n) is 27.9. The van der Waals surface area contributed by atoms with Gasteiger partial charge < -0.3 is 45.2 Å². The Labute approximate surface area is 273 Å². The van der Waals surface area contributed by atoms with Gasteiger partial charge >= 0.3 is 0 Å². The van der Waals surface area contributed by atoms with Crippen LogP contribution in [-0.4, -0.2) is 64.3 Å². The number of furan rings is 1. The number of H-pyrrole nitrogens is 1. The Hall–Kier alpha value is -2.82. The molecule has 9 nitrogen and oxygen atoms in total. The fraction of sp³-hybridized carbons (Fsp3) is 0.622. The highest BCUT2D eigenvalue weighted by Gasteiger charge is 2.42. The number of aromatic nitrogens is 1. The summed E-state index contributed by atoms with van der Waals surface area (Å²) in [6.45, 7) is 5.27. The standard InChI is InChI=1S/C37H55N3O6/c1-4-5-9-35-26(21-41)17-27(46-35)13-10-24-11-15-33(43)36(16-24)45-22-34(44)31-18-29-30(40-31)14-12-25-7-6-8-28(25)37(29)32(20-38-3)39-19-23(2)42/h11,15-18,23,25,28,32,34,37-44H,4-10,12-14,19-22H2,1-3H3. The first kappa shape index (κ1) is 34.5. The Morgan fingerprint density at radius 3 is 2.67 bits per heavy atom. The van der Waals surface area contributed by atoms with E-state index in [1.54, 1.807) is 6.07 Å². The number of ether oxygens (including phenoxy) is 1. The lowest BCUT2D eigenvalue weighted by molar-refractivity contribution is 0.103. The molecular weight excluding hydrogens is 582 g/mol. The molecule has 6 unspecified atom stereocenters. The van der Waals surface area contributed by atoms with Crippen LogP contribution >= 0.6 is 0 Å². The highest BCUT2D eigenvalue weighted by atomic mass is 16.5. The first-order valence-electron chi connectivity index (χ1n) is 17.4. The lowest BCUT2D eigenvalue weighted by atomic mass is 9.76. The zero-order valence-corrected chi connectivity index (χ0v) is 27.9. The van der Waals surface area contributed by atoms with Crippen LogP contribution in [-0.2, 0) is 32.3 Å². The van der Waals surface area contributed by atoms with Crippen molar-refractivity contribution in [1.29, 1.82) is 0 Å². The van der Waals surface area contributed by atoms with E-state index in [4.69, 9.17) is 9.15 Å². The number of fused-ring (bicyclic) bond motifs is 2. The number of hydrogen-bond acceptors (Lipinski definition) is 8. The van der Waals surface area contributed by atoms with Gasteiger partial charge in [-0.2, -0.15) is 0 Å². The summed E-state index contributed by atoms with van der Waals surface area (Å²) < 4.78 is 12.0. The number of nitrogens with one attached hydrogen (secondary N) is 3. The number of hydrogen-bond donors (Lipinski definition) is 7. The van der Waals surface area contributed by atoms with Crippen LogP contribution in [0.2, 0.25) is 0 Å². The van der Waals surface area contributed by atoms with Crippen molar-refractivity contribution in [1.82, 2.24) is 15.6 Å². The van der Waals surface area contributed by atoms with E-state index in [0.29, 0.717) is 37.0 Å². The number of unbranched alkanes of at least 4 members (excludes halogenated alkanes) is 1. The number of aryl methyl sites for hydroxylation is 4. The molecule has 2 aliphatic rings. The Morgan fingerprint density at radius 1 is 1.07 bits per heavy atom. The maximum Gasteiger partial charge on any atom is 0.161 e. The Kier molecular flexibility index (Phi) is 12.3. The smallest absolute Gasteiger partial charge is 0.161 e. The second-order valence-corrected chi connectivity index (χ2v) is 13.6. The number of phenolic OH excluding ortho intramolecular Hbond substituents is 1.